The number of nitrogens with one attached hydrogen (secondary N) is 2. The summed E-state index contributed by atoms with van der Waals surface area (Å²) < 4.78 is 97.1. The first-order valence-electron chi connectivity index (χ1n) is 13.4. The van der Waals surface area contributed by atoms with E-state index in [4.69, 9.17) is 9.84 Å². The van der Waals surface area contributed by atoms with Gasteiger partial charge in [-0.15, -0.1) is 0 Å². The molecule has 4 rings (SSSR count). The standard InChI is InChI=1S/C28H33F3N4O6S2/c1-34(13-14-36)43(39,40)22-8-9-25(27(18-22)41-2)32-12-4-5-21-17-23-24(33-20-10-15-42(37,38)16-11-20)6-3-7-26(23)35(21)19-28(29,30)31/h3,6-9,17-18,20,32-33,36H,10-16,19H2,1-2H3. The van der Waals surface area contributed by atoms with Crippen LogP contribution in [-0.4, -0.2) is 88.4 Å². The third-order valence-corrected chi connectivity index (χ3v) is 10.6. The van der Waals surface area contributed by atoms with Crippen molar-refractivity contribution in [2.75, 3.05) is 56.0 Å². The first-order valence-corrected chi connectivity index (χ1v) is 16.6. The number of nitrogens with zero attached hydrogens (tertiary/aromatic N) is 2. The predicted octanol–water partition coefficient (Wildman–Crippen LogP) is 3.28. The minimum absolute atomic E-state index is 0.0159. The molecule has 0 atom stereocenters. The Balaban J connectivity index is 1.57. The highest BCUT2D eigenvalue weighted by Gasteiger charge is 2.30. The molecule has 0 saturated carbocycles. The lowest BCUT2D eigenvalue weighted by Gasteiger charge is -2.24. The maximum atomic E-state index is 13.5. The number of alkyl halides is 3. The first-order chi connectivity index (χ1) is 20.2. The number of sulfonamides is 1. The average Bonchev–Trinajstić information content (AvgIpc) is 3.28. The van der Waals surface area contributed by atoms with Crippen molar-refractivity contribution < 1.29 is 39.9 Å². The maximum Gasteiger partial charge on any atom is 0.406 e. The summed E-state index contributed by atoms with van der Waals surface area (Å²) in [5.41, 5.74) is 1.52. The van der Waals surface area contributed by atoms with Crippen LogP contribution >= 0.6 is 0 Å². The van der Waals surface area contributed by atoms with Crippen LogP contribution in [0.5, 0.6) is 5.75 Å². The number of benzene rings is 2. The van der Waals surface area contributed by atoms with E-state index in [0.717, 1.165) is 8.87 Å². The van der Waals surface area contributed by atoms with Gasteiger partial charge in [0.15, 0.2) is 0 Å². The van der Waals surface area contributed by atoms with Gasteiger partial charge in [-0.05, 0) is 49.1 Å². The highest BCUT2D eigenvalue weighted by atomic mass is 32.2. The lowest BCUT2D eigenvalue weighted by atomic mass is 10.1. The Kier molecular flexibility index (Phi) is 9.85. The number of aromatic nitrogens is 1. The van der Waals surface area contributed by atoms with Crippen LogP contribution in [-0.2, 0) is 26.4 Å². The van der Waals surface area contributed by atoms with Gasteiger partial charge in [-0.3, -0.25) is 0 Å². The van der Waals surface area contributed by atoms with Gasteiger partial charge in [0, 0.05) is 36.8 Å². The topological polar surface area (TPSA) is 130 Å². The highest BCUT2D eigenvalue weighted by Crippen LogP contribution is 2.32. The predicted molar refractivity (Wildman–Crippen MR) is 159 cm³/mol. The Labute approximate surface area is 248 Å². The van der Waals surface area contributed by atoms with Gasteiger partial charge in [0.05, 0.1) is 53.6 Å². The molecule has 0 spiro atoms. The number of likely N-dealkylation sites (N-methyl/N-ethyl adjacent to an activating group) is 1. The molecule has 0 bridgehead atoms. The number of aliphatic hydroxyl groups excluding tert-OH is 1. The fourth-order valence-electron chi connectivity index (χ4n) is 4.81. The average molecular weight is 643 g/mol. The minimum Gasteiger partial charge on any atom is -0.495 e. The fraction of sp³-hybridized carbons (Fsp3) is 0.429. The van der Waals surface area contributed by atoms with E-state index in [1.165, 1.54) is 32.4 Å². The molecule has 15 heteroatoms. The normalized spacial score (nSPS) is 15.7. The molecular formula is C28H33F3N4O6S2. The Morgan fingerprint density at radius 2 is 1.86 bits per heavy atom. The number of fused-ring (bicyclic) bond motifs is 1. The van der Waals surface area contributed by atoms with Crippen LogP contribution < -0.4 is 15.4 Å². The molecule has 0 amide bonds. The third kappa shape index (κ3) is 7.94. The van der Waals surface area contributed by atoms with Crippen LogP contribution in [0.3, 0.4) is 0 Å². The van der Waals surface area contributed by atoms with E-state index in [1.54, 1.807) is 24.3 Å². The van der Waals surface area contributed by atoms with E-state index in [0.29, 0.717) is 35.1 Å². The molecule has 0 aliphatic carbocycles. The molecular weight excluding hydrogens is 609 g/mol. The zero-order valence-electron chi connectivity index (χ0n) is 23.6. The summed E-state index contributed by atoms with van der Waals surface area (Å²) in [6, 6.07) is 10.6. The van der Waals surface area contributed by atoms with Crippen molar-refractivity contribution in [3.63, 3.8) is 0 Å². The quantitative estimate of drug-likeness (QED) is 0.288. The maximum absolute atomic E-state index is 13.5. The molecule has 1 aliphatic rings. The first kappa shape index (κ1) is 32.5. The molecule has 1 aromatic heterocycles. The molecule has 3 N–H and O–H groups in total. The van der Waals surface area contributed by atoms with E-state index in [2.05, 4.69) is 22.5 Å². The Morgan fingerprint density at radius 1 is 1.14 bits per heavy atom. The smallest absolute Gasteiger partial charge is 0.406 e. The number of sulfone groups is 1. The van der Waals surface area contributed by atoms with Gasteiger partial charge in [0.2, 0.25) is 10.0 Å². The second-order valence-corrected chi connectivity index (χ2v) is 14.5. The lowest BCUT2D eigenvalue weighted by Crippen LogP contribution is -2.32. The van der Waals surface area contributed by atoms with Crippen LogP contribution in [0.4, 0.5) is 24.5 Å². The van der Waals surface area contributed by atoms with Gasteiger partial charge < -0.3 is 25.0 Å². The molecule has 1 aliphatic heterocycles. The van der Waals surface area contributed by atoms with Crippen molar-refractivity contribution in [3.8, 4) is 17.6 Å². The van der Waals surface area contributed by atoms with Gasteiger partial charge in [-0.2, -0.15) is 17.5 Å². The summed E-state index contributed by atoms with van der Waals surface area (Å²) in [4.78, 5) is -0.0344. The summed E-state index contributed by atoms with van der Waals surface area (Å²) in [6.45, 7) is -1.64. The van der Waals surface area contributed by atoms with Crippen LogP contribution in [0.1, 0.15) is 18.5 Å². The zero-order valence-corrected chi connectivity index (χ0v) is 25.2. The molecule has 234 valence electrons. The van der Waals surface area contributed by atoms with E-state index < -0.39 is 32.6 Å². The summed E-state index contributed by atoms with van der Waals surface area (Å²) in [5, 5.41) is 15.9. The van der Waals surface area contributed by atoms with Crippen molar-refractivity contribution in [2.24, 2.45) is 0 Å². The van der Waals surface area contributed by atoms with Gasteiger partial charge in [0.25, 0.3) is 0 Å². The molecule has 10 nitrogen and oxygen atoms in total. The number of aliphatic hydroxyl groups is 1. The molecule has 1 fully saturated rings. The number of methoxy groups -OCH3 is 1. The molecule has 2 aromatic carbocycles. The van der Waals surface area contributed by atoms with E-state index in [9.17, 15) is 30.0 Å². The van der Waals surface area contributed by atoms with Crippen molar-refractivity contribution in [2.45, 2.75) is 36.5 Å². The van der Waals surface area contributed by atoms with E-state index >= 15 is 0 Å². The Bertz CT molecular complexity index is 1730. The summed E-state index contributed by atoms with van der Waals surface area (Å²) in [7, 11) is -4.20. The number of hydrogen-bond acceptors (Lipinski definition) is 8. The van der Waals surface area contributed by atoms with Crippen LogP contribution in [0, 0.1) is 11.8 Å². The van der Waals surface area contributed by atoms with Gasteiger partial charge >= 0.3 is 6.18 Å². The van der Waals surface area contributed by atoms with Crippen molar-refractivity contribution in [1.29, 1.82) is 0 Å². The summed E-state index contributed by atoms with van der Waals surface area (Å²) >= 11 is 0. The summed E-state index contributed by atoms with van der Waals surface area (Å²) in [6.07, 6.45) is -3.67. The summed E-state index contributed by atoms with van der Waals surface area (Å²) in [5.74, 6) is 5.99. The second-order valence-electron chi connectivity index (χ2n) is 10.1. The van der Waals surface area contributed by atoms with Crippen molar-refractivity contribution in [3.05, 3.63) is 48.2 Å². The van der Waals surface area contributed by atoms with Crippen molar-refractivity contribution >= 4 is 42.1 Å². The van der Waals surface area contributed by atoms with E-state index in [-0.39, 0.29) is 53.6 Å². The number of ether oxygens (including phenoxy) is 1. The second kappa shape index (κ2) is 13.0. The van der Waals surface area contributed by atoms with Gasteiger partial charge in [-0.1, -0.05) is 12.0 Å². The number of halogens is 3. The Hall–Kier alpha value is -3.45. The van der Waals surface area contributed by atoms with Crippen LogP contribution in [0.25, 0.3) is 10.9 Å². The van der Waals surface area contributed by atoms with Gasteiger partial charge in [-0.25, -0.2) is 16.8 Å². The molecule has 1 saturated heterocycles. The van der Waals surface area contributed by atoms with Crippen LogP contribution in [0.2, 0.25) is 0 Å². The van der Waals surface area contributed by atoms with Crippen LogP contribution in [0.15, 0.2) is 47.4 Å². The molecule has 3 aromatic rings. The monoisotopic (exact) mass is 642 g/mol. The van der Waals surface area contributed by atoms with Crippen molar-refractivity contribution in [1.82, 2.24) is 8.87 Å². The minimum atomic E-state index is -4.50. The fourth-order valence-corrected chi connectivity index (χ4v) is 7.48. The molecule has 43 heavy (non-hydrogen) atoms. The Morgan fingerprint density at radius 3 is 2.51 bits per heavy atom. The molecule has 0 radical (unpaired) electrons. The number of hydrogen-bond donors (Lipinski definition) is 3. The molecule has 2 heterocycles. The third-order valence-electron chi connectivity index (χ3n) is 7.08. The number of anilines is 2. The van der Waals surface area contributed by atoms with E-state index in [1.807, 2.05) is 0 Å². The van der Waals surface area contributed by atoms with Gasteiger partial charge in [0.1, 0.15) is 22.1 Å². The SMILES string of the molecule is COc1cc(S(=O)(=O)N(C)CCO)ccc1NCC#Cc1cc2c(NC3CCS(=O)(=O)CC3)cccc2n1CC(F)(F)F. The zero-order chi connectivity index (χ0) is 31.4. The molecule has 0 unspecified atom stereocenters. The highest BCUT2D eigenvalue weighted by molar-refractivity contribution is 7.91. The lowest BCUT2D eigenvalue weighted by molar-refractivity contribution is -0.140. The largest absolute Gasteiger partial charge is 0.495 e. The number of rotatable bonds is 10.